The second-order valence-electron chi connectivity index (χ2n) is 3.47. The Hall–Kier alpha value is 0.370. The largest absolute Gasteiger partial charge is 0.480 e. The lowest BCUT2D eigenvalue weighted by atomic mass is 10.5. The lowest BCUT2D eigenvalue weighted by Crippen LogP contribution is -2.32. The Morgan fingerprint density at radius 2 is 2.00 bits per heavy atom. The molecule has 90 valence electrons. The number of aliphatic carboxylic acids is 1. The third-order valence-electron chi connectivity index (χ3n) is 2.37. The molecular weight excluding hydrogens is 253 g/mol. The molecule has 0 saturated heterocycles. The molecule has 0 aliphatic heterocycles. The Labute approximate surface area is 102 Å². The van der Waals surface area contributed by atoms with Crippen LogP contribution in [0.5, 0.6) is 0 Å². The average Bonchev–Trinajstić information content (AvgIpc) is 2.17. The van der Waals surface area contributed by atoms with Crippen LogP contribution in [0.4, 0.5) is 0 Å². The van der Waals surface area contributed by atoms with Gasteiger partial charge in [-0.2, -0.15) is 0 Å². The molecule has 0 amide bonds. The summed E-state index contributed by atoms with van der Waals surface area (Å²) in [5.41, 5.74) is 0. The number of nitrogens with zero attached hydrogens (tertiary/aromatic N) is 1. The summed E-state index contributed by atoms with van der Waals surface area (Å²) in [6.45, 7) is 4.82. The maximum Gasteiger partial charge on any atom is 0.317 e. The molecule has 0 saturated carbocycles. The third kappa shape index (κ3) is 6.52. The van der Waals surface area contributed by atoms with Crippen LogP contribution in [-0.2, 0) is 16.6 Å². The summed E-state index contributed by atoms with van der Waals surface area (Å²) in [5, 5.41) is 8.75. The number of hydrogen-bond acceptors (Lipinski definition) is 3. The normalized spacial score (nSPS) is 12.0. The van der Waals surface area contributed by atoms with Gasteiger partial charge in [0.15, 0.2) is 0 Å². The molecule has 0 fully saturated rings. The first-order valence-electron chi connectivity index (χ1n) is 5.04. The molecule has 0 aliphatic rings. The maximum absolute atomic E-state index is 10.6. The van der Waals surface area contributed by atoms with Crippen molar-refractivity contribution >= 4 is 35.4 Å². The van der Waals surface area contributed by atoms with E-state index in [0.717, 1.165) is 18.6 Å². The molecule has 0 radical (unpaired) electrons. The van der Waals surface area contributed by atoms with Crippen molar-refractivity contribution in [2.75, 3.05) is 37.6 Å². The number of hydrogen-bond donors (Lipinski definition) is 1. The Balaban J connectivity index is 4.37. The second kappa shape index (κ2) is 7.61. The molecule has 6 heteroatoms. The van der Waals surface area contributed by atoms with E-state index >= 15 is 0 Å². The lowest BCUT2D eigenvalue weighted by Gasteiger charge is -2.27. The topological polar surface area (TPSA) is 40.5 Å². The molecule has 0 aromatic heterocycles. The molecular formula is C9H19ClNO2PS. The third-order valence-corrected chi connectivity index (χ3v) is 7.66. The van der Waals surface area contributed by atoms with Crippen molar-refractivity contribution in [3.63, 3.8) is 0 Å². The summed E-state index contributed by atoms with van der Waals surface area (Å²) in [6.07, 6.45) is 2.70. The van der Waals surface area contributed by atoms with Gasteiger partial charge in [0.05, 0.1) is 6.54 Å². The van der Waals surface area contributed by atoms with Crippen LogP contribution >= 0.6 is 17.6 Å². The van der Waals surface area contributed by atoms with Crippen molar-refractivity contribution in [3.8, 4) is 0 Å². The van der Waals surface area contributed by atoms with E-state index in [1.54, 1.807) is 0 Å². The summed E-state index contributed by atoms with van der Waals surface area (Å²) >= 11 is 11.2. The maximum atomic E-state index is 10.6. The summed E-state index contributed by atoms with van der Waals surface area (Å²) in [6, 6.07) is -1.39. The minimum absolute atomic E-state index is 0.0467. The average molecular weight is 272 g/mol. The lowest BCUT2D eigenvalue weighted by molar-refractivity contribution is -0.138. The summed E-state index contributed by atoms with van der Waals surface area (Å²) < 4.78 is 0. The fourth-order valence-corrected chi connectivity index (χ4v) is 3.85. The van der Waals surface area contributed by atoms with Gasteiger partial charge in [0.1, 0.15) is 0 Å². The molecule has 0 spiro atoms. The zero-order valence-corrected chi connectivity index (χ0v) is 11.7. The first-order chi connectivity index (χ1) is 6.97. The van der Waals surface area contributed by atoms with Crippen LogP contribution in [0.15, 0.2) is 0 Å². The van der Waals surface area contributed by atoms with Crippen LogP contribution < -0.4 is 0 Å². The Bertz CT molecular complexity index is 242. The zero-order chi connectivity index (χ0) is 11.9. The van der Waals surface area contributed by atoms with Gasteiger partial charge in [-0.05, 0) is 18.4 Å². The Kier molecular flexibility index (Phi) is 7.80. The molecule has 0 rings (SSSR count). The second-order valence-corrected chi connectivity index (χ2v) is 9.83. The van der Waals surface area contributed by atoms with Crippen LogP contribution in [-0.4, -0.2) is 53.6 Å². The fraction of sp³-hybridized carbons (Fsp3) is 0.889. The predicted octanol–water partition coefficient (Wildman–Crippen LogP) is 2.09. The Morgan fingerprint density at radius 3 is 2.33 bits per heavy atom. The molecule has 0 aromatic carbocycles. The van der Waals surface area contributed by atoms with Gasteiger partial charge in [0, 0.05) is 18.7 Å². The quantitative estimate of drug-likeness (QED) is 0.542. The molecule has 0 heterocycles. The highest BCUT2D eigenvalue weighted by atomic mass is 35.5. The van der Waals surface area contributed by atoms with E-state index in [9.17, 15) is 4.79 Å². The highest BCUT2D eigenvalue weighted by Gasteiger charge is 2.18. The SMILES string of the molecule is CCP(=S)(CC)CN(CCCl)CC(=O)O. The zero-order valence-electron chi connectivity index (χ0n) is 9.28. The van der Waals surface area contributed by atoms with Crippen molar-refractivity contribution in [2.24, 2.45) is 0 Å². The molecule has 0 bridgehead atoms. The number of alkyl halides is 1. The van der Waals surface area contributed by atoms with Gasteiger partial charge < -0.3 is 5.11 Å². The summed E-state index contributed by atoms with van der Waals surface area (Å²) in [4.78, 5) is 12.5. The van der Waals surface area contributed by atoms with Crippen LogP contribution in [0.3, 0.4) is 0 Å². The monoisotopic (exact) mass is 271 g/mol. The number of carboxylic acids is 1. The standard InChI is InChI=1S/C9H19ClNO2PS/c1-3-14(15,4-2)8-11(6-5-10)7-9(12)13/h3-8H2,1-2H3,(H,12,13). The van der Waals surface area contributed by atoms with E-state index in [1.807, 2.05) is 4.90 Å². The van der Waals surface area contributed by atoms with E-state index in [1.165, 1.54) is 0 Å². The van der Waals surface area contributed by atoms with Gasteiger partial charge in [-0.3, -0.25) is 9.69 Å². The van der Waals surface area contributed by atoms with Gasteiger partial charge in [-0.25, -0.2) is 0 Å². The van der Waals surface area contributed by atoms with Gasteiger partial charge in [-0.1, -0.05) is 25.7 Å². The van der Waals surface area contributed by atoms with E-state index in [-0.39, 0.29) is 6.54 Å². The smallest absolute Gasteiger partial charge is 0.317 e. The van der Waals surface area contributed by atoms with Crippen molar-refractivity contribution in [1.82, 2.24) is 4.90 Å². The fourth-order valence-electron chi connectivity index (χ4n) is 1.30. The van der Waals surface area contributed by atoms with Gasteiger partial charge in [0.25, 0.3) is 0 Å². The summed E-state index contributed by atoms with van der Waals surface area (Å²) in [5.74, 6) is -0.357. The molecule has 0 unspecified atom stereocenters. The van der Waals surface area contributed by atoms with Gasteiger partial charge in [0.2, 0.25) is 0 Å². The van der Waals surface area contributed by atoms with E-state index in [0.29, 0.717) is 12.4 Å². The number of carbonyl (C=O) groups is 1. The van der Waals surface area contributed by atoms with Crippen LogP contribution in [0.25, 0.3) is 0 Å². The highest BCUT2D eigenvalue weighted by Crippen LogP contribution is 2.45. The number of carboxylic acid groups (broad SMARTS) is 1. The minimum atomic E-state index is -1.39. The number of halogens is 1. The van der Waals surface area contributed by atoms with Crippen LogP contribution in [0.1, 0.15) is 13.8 Å². The van der Waals surface area contributed by atoms with Gasteiger partial charge in [-0.15, -0.1) is 11.6 Å². The first-order valence-corrected chi connectivity index (χ1v) is 8.94. The van der Waals surface area contributed by atoms with E-state index in [4.69, 9.17) is 28.5 Å². The molecule has 1 N–H and O–H groups in total. The van der Waals surface area contributed by atoms with E-state index in [2.05, 4.69) is 13.8 Å². The summed E-state index contributed by atoms with van der Waals surface area (Å²) in [7, 11) is 0. The van der Waals surface area contributed by atoms with Crippen LogP contribution in [0, 0.1) is 0 Å². The van der Waals surface area contributed by atoms with Crippen LogP contribution in [0.2, 0.25) is 0 Å². The Morgan fingerprint density at radius 1 is 1.47 bits per heavy atom. The van der Waals surface area contributed by atoms with Crippen molar-refractivity contribution in [2.45, 2.75) is 13.8 Å². The molecule has 0 aromatic rings. The minimum Gasteiger partial charge on any atom is -0.480 e. The predicted molar refractivity (Wildman–Crippen MR) is 70.2 cm³/mol. The molecule has 15 heavy (non-hydrogen) atoms. The van der Waals surface area contributed by atoms with Crippen molar-refractivity contribution in [1.29, 1.82) is 0 Å². The van der Waals surface area contributed by atoms with Gasteiger partial charge >= 0.3 is 5.97 Å². The van der Waals surface area contributed by atoms with Crippen molar-refractivity contribution < 1.29 is 9.90 Å². The van der Waals surface area contributed by atoms with Crippen molar-refractivity contribution in [3.05, 3.63) is 0 Å². The molecule has 0 aliphatic carbocycles. The highest BCUT2D eigenvalue weighted by molar-refractivity contribution is 8.14. The first kappa shape index (κ1) is 15.4. The number of rotatable bonds is 8. The van der Waals surface area contributed by atoms with E-state index < -0.39 is 12.0 Å². The molecule has 3 nitrogen and oxygen atoms in total. The molecule has 0 atom stereocenters.